The quantitative estimate of drug-likeness (QED) is 0.776. The monoisotopic (exact) mass is 270 g/mol. The van der Waals surface area contributed by atoms with E-state index >= 15 is 0 Å². The summed E-state index contributed by atoms with van der Waals surface area (Å²) < 4.78 is 2.67. The van der Waals surface area contributed by atoms with Gasteiger partial charge in [-0.1, -0.05) is 45.7 Å². The van der Waals surface area contributed by atoms with Gasteiger partial charge in [0, 0.05) is 22.6 Å². The van der Waals surface area contributed by atoms with Crippen molar-refractivity contribution in [2.24, 2.45) is 7.05 Å². The molecular formula is C10H8BrClN2. The number of nitrogens with zero attached hydrogens (tertiary/aromatic N) is 2. The highest BCUT2D eigenvalue weighted by atomic mass is 79.9. The maximum atomic E-state index is 6.09. The summed E-state index contributed by atoms with van der Waals surface area (Å²) in [6.45, 7) is 0. The fourth-order valence-electron chi connectivity index (χ4n) is 1.28. The maximum absolute atomic E-state index is 6.09. The van der Waals surface area contributed by atoms with Gasteiger partial charge in [0.05, 0.1) is 6.20 Å². The molecule has 2 nitrogen and oxygen atoms in total. The minimum atomic E-state index is 0.650. The third kappa shape index (κ3) is 1.57. The Balaban J connectivity index is 2.60. The summed E-state index contributed by atoms with van der Waals surface area (Å²) in [5.74, 6) is 0. The van der Waals surface area contributed by atoms with Crippen LogP contribution in [0.4, 0.5) is 0 Å². The van der Waals surface area contributed by atoms with E-state index in [2.05, 4.69) is 21.0 Å². The zero-order chi connectivity index (χ0) is 10.1. The third-order valence-corrected chi connectivity index (χ3v) is 3.17. The van der Waals surface area contributed by atoms with Gasteiger partial charge in [-0.2, -0.15) is 5.10 Å². The van der Waals surface area contributed by atoms with E-state index in [9.17, 15) is 0 Å². The Morgan fingerprint density at radius 2 is 2.00 bits per heavy atom. The van der Waals surface area contributed by atoms with Crippen LogP contribution in [-0.2, 0) is 7.05 Å². The number of rotatable bonds is 1. The summed E-state index contributed by atoms with van der Waals surface area (Å²) in [7, 11) is 1.82. The summed E-state index contributed by atoms with van der Waals surface area (Å²) in [6, 6.07) is 7.94. The summed E-state index contributed by atoms with van der Waals surface area (Å²) in [6.07, 6.45) is 1.77. The molecule has 0 unspecified atom stereocenters. The third-order valence-electron chi connectivity index (χ3n) is 2.03. The average molecular weight is 272 g/mol. The molecule has 0 saturated heterocycles. The molecular weight excluding hydrogens is 263 g/mol. The van der Waals surface area contributed by atoms with Gasteiger partial charge in [0.1, 0.15) is 5.15 Å². The van der Waals surface area contributed by atoms with Gasteiger partial charge in [-0.15, -0.1) is 0 Å². The SMILES string of the molecule is Cn1ncc(-c2ccccc2Br)c1Cl. The van der Waals surface area contributed by atoms with Crippen LogP contribution in [-0.4, -0.2) is 9.78 Å². The van der Waals surface area contributed by atoms with Gasteiger partial charge in [0.25, 0.3) is 0 Å². The van der Waals surface area contributed by atoms with Crippen LogP contribution >= 0.6 is 27.5 Å². The van der Waals surface area contributed by atoms with Crippen molar-refractivity contribution in [2.45, 2.75) is 0 Å². The molecule has 0 atom stereocenters. The Hall–Kier alpha value is -0.800. The molecule has 0 aliphatic rings. The number of halogens is 2. The predicted octanol–water partition coefficient (Wildman–Crippen LogP) is 3.50. The van der Waals surface area contributed by atoms with E-state index in [0.717, 1.165) is 15.6 Å². The number of hydrogen-bond donors (Lipinski definition) is 0. The predicted molar refractivity (Wildman–Crippen MR) is 61.4 cm³/mol. The fraction of sp³-hybridized carbons (Fsp3) is 0.100. The molecule has 4 heteroatoms. The number of benzene rings is 1. The van der Waals surface area contributed by atoms with E-state index in [1.807, 2.05) is 31.3 Å². The first-order chi connectivity index (χ1) is 6.70. The molecule has 0 saturated carbocycles. The lowest BCUT2D eigenvalue weighted by molar-refractivity contribution is 0.769. The Morgan fingerprint density at radius 1 is 1.29 bits per heavy atom. The largest absolute Gasteiger partial charge is 0.256 e. The summed E-state index contributed by atoms with van der Waals surface area (Å²) >= 11 is 9.58. The van der Waals surface area contributed by atoms with Gasteiger partial charge in [-0.25, -0.2) is 0 Å². The normalized spacial score (nSPS) is 10.5. The van der Waals surface area contributed by atoms with Crippen molar-refractivity contribution < 1.29 is 0 Å². The van der Waals surface area contributed by atoms with Gasteiger partial charge < -0.3 is 0 Å². The molecule has 0 fully saturated rings. The van der Waals surface area contributed by atoms with Crippen molar-refractivity contribution in [3.63, 3.8) is 0 Å². The van der Waals surface area contributed by atoms with Crippen LogP contribution in [0.1, 0.15) is 0 Å². The molecule has 1 heterocycles. The van der Waals surface area contributed by atoms with Crippen molar-refractivity contribution >= 4 is 27.5 Å². The number of aryl methyl sites for hydroxylation is 1. The Bertz CT molecular complexity index is 465. The van der Waals surface area contributed by atoms with Crippen LogP contribution in [0.25, 0.3) is 11.1 Å². The molecule has 0 amide bonds. The first kappa shape index (κ1) is 9.74. The zero-order valence-electron chi connectivity index (χ0n) is 7.54. The summed E-state index contributed by atoms with van der Waals surface area (Å²) in [4.78, 5) is 0. The fourth-order valence-corrected chi connectivity index (χ4v) is 1.98. The highest BCUT2D eigenvalue weighted by Crippen LogP contribution is 2.32. The van der Waals surface area contributed by atoms with Crippen molar-refractivity contribution in [3.05, 3.63) is 40.1 Å². The maximum Gasteiger partial charge on any atom is 0.134 e. The van der Waals surface area contributed by atoms with Crippen LogP contribution in [0.2, 0.25) is 5.15 Å². The second-order valence-electron chi connectivity index (χ2n) is 2.95. The highest BCUT2D eigenvalue weighted by molar-refractivity contribution is 9.10. The second-order valence-corrected chi connectivity index (χ2v) is 4.16. The van der Waals surface area contributed by atoms with Gasteiger partial charge in [0.2, 0.25) is 0 Å². The van der Waals surface area contributed by atoms with Crippen LogP contribution in [0.3, 0.4) is 0 Å². The van der Waals surface area contributed by atoms with E-state index in [-0.39, 0.29) is 0 Å². The molecule has 14 heavy (non-hydrogen) atoms. The number of hydrogen-bond acceptors (Lipinski definition) is 1. The molecule has 0 radical (unpaired) electrons. The van der Waals surface area contributed by atoms with Crippen molar-refractivity contribution in [1.29, 1.82) is 0 Å². The van der Waals surface area contributed by atoms with Crippen molar-refractivity contribution in [2.75, 3.05) is 0 Å². The van der Waals surface area contributed by atoms with E-state index in [4.69, 9.17) is 11.6 Å². The topological polar surface area (TPSA) is 17.8 Å². The molecule has 0 spiro atoms. The lowest BCUT2D eigenvalue weighted by Gasteiger charge is -2.01. The smallest absolute Gasteiger partial charge is 0.134 e. The first-order valence-electron chi connectivity index (χ1n) is 4.12. The molecule has 0 aliphatic heterocycles. The van der Waals surface area contributed by atoms with Crippen molar-refractivity contribution in [1.82, 2.24) is 9.78 Å². The lowest BCUT2D eigenvalue weighted by atomic mass is 10.1. The van der Waals surface area contributed by atoms with Crippen LogP contribution in [0.5, 0.6) is 0 Å². The molecule has 0 bridgehead atoms. The number of aromatic nitrogens is 2. The molecule has 72 valence electrons. The highest BCUT2D eigenvalue weighted by Gasteiger charge is 2.10. The molecule has 2 rings (SSSR count). The van der Waals surface area contributed by atoms with E-state index in [1.165, 1.54) is 0 Å². The minimum absolute atomic E-state index is 0.650. The van der Waals surface area contributed by atoms with Crippen LogP contribution in [0, 0.1) is 0 Å². The molecule has 1 aromatic carbocycles. The van der Waals surface area contributed by atoms with Gasteiger partial charge in [-0.05, 0) is 6.07 Å². The van der Waals surface area contributed by atoms with E-state index in [1.54, 1.807) is 10.9 Å². The molecule has 0 aliphatic carbocycles. The van der Waals surface area contributed by atoms with Gasteiger partial charge in [0.15, 0.2) is 0 Å². The van der Waals surface area contributed by atoms with E-state index < -0.39 is 0 Å². The molecule has 1 aromatic heterocycles. The molecule has 0 N–H and O–H groups in total. The van der Waals surface area contributed by atoms with Gasteiger partial charge >= 0.3 is 0 Å². The Morgan fingerprint density at radius 3 is 2.57 bits per heavy atom. The molecule has 2 aromatic rings. The second kappa shape index (κ2) is 3.75. The Kier molecular flexibility index (Phi) is 2.61. The van der Waals surface area contributed by atoms with Crippen LogP contribution < -0.4 is 0 Å². The standard InChI is InChI=1S/C10H8BrClN2/c1-14-10(12)8(6-13-14)7-4-2-3-5-9(7)11/h2-6H,1H3. The zero-order valence-corrected chi connectivity index (χ0v) is 9.88. The van der Waals surface area contributed by atoms with Crippen LogP contribution in [0.15, 0.2) is 34.9 Å². The van der Waals surface area contributed by atoms with Crippen molar-refractivity contribution in [3.8, 4) is 11.1 Å². The summed E-state index contributed by atoms with van der Waals surface area (Å²) in [5, 5.41) is 4.75. The summed E-state index contributed by atoms with van der Waals surface area (Å²) in [5.41, 5.74) is 2.01. The Labute approximate surface area is 95.6 Å². The lowest BCUT2D eigenvalue weighted by Crippen LogP contribution is -1.88. The average Bonchev–Trinajstić information content (AvgIpc) is 2.49. The van der Waals surface area contributed by atoms with E-state index in [0.29, 0.717) is 5.15 Å². The minimum Gasteiger partial charge on any atom is -0.256 e. The first-order valence-corrected chi connectivity index (χ1v) is 5.29. The van der Waals surface area contributed by atoms with Gasteiger partial charge in [-0.3, -0.25) is 4.68 Å².